The fraction of sp³-hybridized carbons (Fsp3) is 0.643. The van der Waals surface area contributed by atoms with E-state index in [4.69, 9.17) is 4.74 Å². The molecule has 20 heavy (non-hydrogen) atoms. The Morgan fingerprint density at radius 1 is 1.45 bits per heavy atom. The number of piperidine rings is 1. The summed E-state index contributed by atoms with van der Waals surface area (Å²) in [6.07, 6.45) is 3.37. The molecule has 1 aromatic heterocycles. The smallest absolute Gasteiger partial charge is 0.309 e. The maximum absolute atomic E-state index is 11.7. The number of ether oxygens (including phenoxy) is 1. The van der Waals surface area contributed by atoms with Crippen molar-refractivity contribution in [1.29, 1.82) is 0 Å². The van der Waals surface area contributed by atoms with Crippen LogP contribution in [0.5, 0.6) is 0 Å². The summed E-state index contributed by atoms with van der Waals surface area (Å²) >= 11 is 0. The van der Waals surface area contributed by atoms with Gasteiger partial charge in [-0.3, -0.25) is 4.79 Å². The van der Waals surface area contributed by atoms with Crippen LogP contribution in [0.3, 0.4) is 0 Å². The number of anilines is 2. The molecule has 0 amide bonds. The number of rotatable bonds is 4. The molecule has 1 fully saturated rings. The minimum absolute atomic E-state index is 0.0169. The number of hydrogen-bond acceptors (Lipinski definition) is 6. The van der Waals surface area contributed by atoms with Gasteiger partial charge in [0.25, 0.3) is 0 Å². The summed E-state index contributed by atoms with van der Waals surface area (Å²) in [5.74, 6) is 1.57. The minimum Gasteiger partial charge on any atom is -0.466 e. The predicted molar refractivity (Wildman–Crippen MR) is 77.9 cm³/mol. The van der Waals surface area contributed by atoms with Gasteiger partial charge in [0.1, 0.15) is 5.82 Å². The molecule has 0 radical (unpaired) electrons. The van der Waals surface area contributed by atoms with E-state index >= 15 is 0 Å². The molecule has 0 unspecified atom stereocenters. The molecule has 110 valence electrons. The van der Waals surface area contributed by atoms with Gasteiger partial charge in [0.15, 0.2) is 0 Å². The summed E-state index contributed by atoms with van der Waals surface area (Å²) in [6, 6.07) is 1.88. The van der Waals surface area contributed by atoms with Crippen molar-refractivity contribution in [2.24, 2.45) is 5.92 Å². The van der Waals surface area contributed by atoms with Crippen LogP contribution >= 0.6 is 0 Å². The summed E-state index contributed by atoms with van der Waals surface area (Å²) in [6.45, 7) is 3.88. The molecule has 1 aliphatic rings. The molecule has 0 atom stereocenters. The summed E-state index contributed by atoms with van der Waals surface area (Å²) in [5.41, 5.74) is 0. The molecule has 0 spiro atoms. The SMILES string of the molecule is CCOC(=O)C1CCN(c2nccc(N(C)C)n2)CC1. The van der Waals surface area contributed by atoms with Gasteiger partial charge in [0.2, 0.25) is 5.95 Å². The Morgan fingerprint density at radius 3 is 2.75 bits per heavy atom. The summed E-state index contributed by atoms with van der Waals surface area (Å²) < 4.78 is 5.08. The highest BCUT2D eigenvalue weighted by molar-refractivity contribution is 5.72. The molecule has 0 aromatic carbocycles. The van der Waals surface area contributed by atoms with Crippen LogP contribution in [0, 0.1) is 5.92 Å². The van der Waals surface area contributed by atoms with Gasteiger partial charge in [0.05, 0.1) is 12.5 Å². The fourth-order valence-corrected chi connectivity index (χ4v) is 2.32. The number of esters is 1. The van der Waals surface area contributed by atoms with E-state index < -0.39 is 0 Å². The molecule has 0 bridgehead atoms. The van der Waals surface area contributed by atoms with E-state index in [0.29, 0.717) is 6.61 Å². The summed E-state index contributed by atoms with van der Waals surface area (Å²) in [5, 5.41) is 0. The molecule has 6 heteroatoms. The first-order chi connectivity index (χ1) is 9.61. The molecule has 6 nitrogen and oxygen atoms in total. The molecular formula is C14H22N4O2. The third-order valence-corrected chi connectivity index (χ3v) is 3.48. The molecule has 2 heterocycles. The van der Waals surface area contributed by atoms with Crippen molar-refractivity contribution in [3.63, 3.8) is 0 Å². The van der Waals surface area contributed by atoms with Crippen LogP contribution in [0.15, 0.2) is 12.3 Å². The quantitative estimate of drug-likeness (QED) is 0.774. The van der Waals surface area contributed by atoms with Crippen LogP contribution in [-0.4, -0.2) is 49.7 Å². The normalized spacial score (nSPS) is 16.1. The molecule has 0 N–H and O–H groups in total. The van der Waals surface area contributed by atoms with E-state index in [9.17, 15) is 4.79 Å². The van der Waals surface area contributed by atoms with Crippen LogP contribution in [0.25, 0.3) is 0 Å². The average Bonchev–Trinajstić information content (AvgIpc) is 2.48. The highest BCUT2D eigenvalue weighted by Crippen LogP contribution is 2.22. The minimum atomic E-state index is -0.0740. The lowest BCUT2D eigenvalue weighted by Gasteiger charge is -2.31. The average molecular weight is 278 g/mol. The summed E-state index contributed by atoms with van der Waals surface area (Å²) in [4.78, 5) is 24.6. The first-order valence-corrected chi connectivity index (χ1v) is 7.03. The standard InChI is InChI=1S/C14H22N4O2/c1-4-20-13(19)11-6-9-18(10-7-11)14-15-8-5-12(16-14)17(2)3/h5,8,11H,4,6-7,9-10H2,1-3H3. The van der Waals surface area contributed by atoms with Crippen molar-refractivity contribution in [1.82, 2.24) is 9.97 Å². The predicted octanol–water partition coefficient (Wildman–Crippen LogP) is 1.32. The number of hydrogen-bond donors (Lipinski definition) is 0. The lowest BCUT2D eigenvalue weighted by Crippen LogP contribution is -2.38. The third kappa shape index (κ3) is 3.37. The Labute approximate surface area is 119 Å². The lowest BCUT2D eigenvalue weighted by molar-refractivity contribution is -0.148. The van der Waals surface area contributed by atoms with E-state index in [2.05, 4.69) is 14.9 Å². The zero-order chi connectivity index (χ0) is 14.5. The molecule has 1 aliphatic heterocycles. The topological polar surface area (TPSA) is 58.6 Å². The Morgan fingerprint density at radius 2 is 2.15 bits per heavy atom. The second-order valence-corrected chi connectivity index (χ2v) is 5.12. The molecular weight excluding hydrogens is 256 g/mol. The van der Waals surface area contributed by atoms with Gasteiger partial charge < -0.3 is 14.5 Å². The van der Waals surface area contributed by atoms with Crippen molar-refractivity contribution in [2.45, 2.75) is 19.8 Å². The van der Waals surface area contributed by atoms with Crippen LogP contribution in [-0.2, 0) is 9.53 Å². The van der Waals surface area contributed by atoms with Crippen molar-refractivity contribution in [2.75, 3.05) is 43.6 Å². The van der Waals surface area contributed by atoms with Gasteiger partial charge in [-0.2, -0.15) is 4.98 Å². The third-order valence-electron chi connectivity index (χ3n) is 3.48. The molecule has 1 saturated heterocycles. The fourth-order valence-electron chi connectivity index (χ4n) is 2.32. The lowest BCUT2D eigenvalue weighted by atomic mass is 9.97. The Bertz CT molecular complexity index is 456. The number of carbonyl (C=O) groups excluding carboxylic acids is 1. The van der Waals surface area contributed by atoms with Crippen LogP contribution < -0.4 is 9.80 Å². The van der Waals surface area contributed by atoms with Gasteiger partial charge in [-0.15, -0.1) is 0 Å². The Hall–Kier alpha value is -1.85. The monoisotopic (exact) mass is 278 g/mol. The van der Waals surface area contributed by atoms with Gasteiger partial charge in [0, 0.05) is 33.4 Å². The van der Waals surface area contributed by atoms with Gasteiger partial charge in [-0.1, -0.05) is 0 Å². The van der Waals surface area contributed by atoms with E-state index in [-0.39, 0.29) is 11.9 Å². The molecule has 0 aliphatic carbocycles. The van der Waals surface area contributed by atoms with Crippen molar-refractivity contribution >= 4 is 17.7 Å². The Balaban J connectivity index is 1.97. The van der Waals surface area contributed by atoms with Crippen LogP contribution in [0.2, 0.25) is 0 Å². The first kappa shape index (κ1) is 14.6. The highest BCUT2D eigenvalue weighted by Gasteiger charge is 2.27. The van der Waals surface area contributed by atoms with E-state index in [1.165, 1.54) is 0 Å². The zero-order valence-corrected chi connectivity index (χ0v) is 12.4. The second-order valence-electron chi connectivity index (χ2n) is 5.12. The van der Waals surface area contributed by atoms with E-state index in [1.54, 1.807) is 6.20 Å². The van der Waals surface area contributed by atoms with E-state index in [0.717, 1.165) is 37.7 Å². The maximum Gasteiger partial charge on any atom is 0.309 e. The van der Waals surface area contributed by atoms with Crippen molar-refractivity contribution in [3.8, 4) is 0 Å². The molecule has 2 rings (SSSR count). The zero-order valence-electron chi connectivity index (χ0n) is 12.4. The first-order valence-electron chi connectivity index (χ1n) is 7.03. The second kappa shape index (κ2) is 6.54. The number of nitrogens with zero attached hydrogens (tertiary/aromatic N) is 4. The van der Waals surface area contributed by atoms with Crippen LogP contribution in [0.1, 0.15) is 19.8 Å². The summed E-state index contributed by atoms with van der Waals surface area (Å²) in [7, 11) is 3.91. The number of carbonyl (C=O) groups is 1. The van der Waals surface area contributed by atoms with Crippen molar-refractivity contribution in [3.05, 3.63) is 12.3 Å². The molecule has 1 aromatic rings. The number of aromatic nitrogens is 2. The van der Waals surface area contributed by atoms with Crippen molar-refractivity contribution < 1.29 is 9.53 Å². The molecule has 0 saturated carbocycles. The van der Waals surface area contributed by atoms with Gasteiger partial charge in [-0.05, 0) is 25.8 Å². The Kier molecular flexibility index (Phi) is 4.76. The van der Waals surface area contributed by atoms with Crippen LogP contribution in [0.4, 0.5) is 11.8 Å². The van der Waals surface area contributed by atoms with E-state index in [1.807, 2.05) is 32.0 Å². The highest BCUT2D eigenvalue weighted by atomic mass is 16.5. The maximum atomic E-state index is 11.7. The largest absolute Gasteiger partial charge is 0.466 e. The van der Waals surface area contributed by atoms with Gasteiger partial charge >= 0.3 is 5.97 Å². The van der Waals surface area contributed by atoms with Gasteiger partial charge in [-0.25, -0.2) is 4.98 Å².